The Bertz CT molecular complexity index is 1010. The highest BCUT2D eigenvalue weighted by Crippen LogP contribution is 2.42. The van der Waals surface area contributed by atoms with Crippen LogP contribution in [0.4, 0.5) is 0 Å². The van der Waals surface area contributed by atoms with Crippen LogP contribution in [0.5, 0.6) is 23.0 Å². The van der Waals surface area contributed by atoms with Crippen LogP contribution in [0.15, 0.2) is 77.7 Å². The molecule has 0 aromatic heterocycles. The Hall–Kier alpha value is -2.83. The first-order chi connectivity index (χ1) is 17.1. The molecule has 0 radical (unpaired) electrons. The summed E-state index contributed by atoms with van der Waals surface area (Å²) in [7, 11) is 0. The second kappa shape index (κ2) is 13.9. The van der Waals surface area contributed by atoms with Crippen LogP contribution in [-0.4, -0.2) is 47.1 Å². The molecule has 0 bridgehead atoms. The molecule has 5 nitrogen and oxygen atoms in total. The molecule has 0 unspecified atom stereocenters. The molecular weight excluding hydrogens is 458 g/mol. The van der Waals surface area contributed by atoms with E-state index in [-0.39, 0.29) is 11.9 Å². The summed E-state index contributed by atoms with van der Waals surface area (Å²) in [6.07, 6.45) is 1.33. The fourth-order valence-electron chi connectivity index (χ4n) is 3.95. The van der Waals surface area contributed by atoms with Crippen LogP contribution < -0.4 is 9.47 Å². The van der Waals surface area contributed by atoms with Crippen molar-refractivity contribution in [3.05, 3.63) is 78.4 Å². The van der Waals surface area contributed by atoms with Crippen LogP contribution in [0.25, 0.3) is 0 Å². The first-order valence-corrected chi connectivity index (χ1v) is 13.4. The Labute approximate surface area is 213 Å². The van der Waals surface area contributed by atoms with Crippen molar-refractivity contribution in [2.75, 3.05) is 32.0 Å². The van der Waals surface area contributed by atoms with E-state index in [1.54, 1.807) is 48.2 Å². The Balaban J connectivity index is 0.000000324. The van der Waals surface area contributed by atoms with Crippen molar-refractivity contribution in [1.29, 1.82) is 0 Å². The number of likely N-dealkylation sites (tertiary alicyclic amines) is 1. The molecule has 188 valence electrons. The molecule has 0 amide bonds. The fourth-order valence-corrected chi connectivity index (χ4v) is 5.01. The monoisotopic (exact) mass is 495 g/mol. The molecule has 2 atom stereocenters. The number of hydrogen-bond donors (Lipinski definition) is 2. The third-order valence-electron chi connectivity index (χ3n) is 5.78. The summed E-state index contributed by atoms with van der Waals surface area (Å²) in [4.78, 5) is 3.47. The molecule has 3 aromatic rings. The minimum Gasteiger partial charge on any atom is -0.508 e. The summed E-state index contributed by atoms with van der Waals surface area (Å²) in [5.74, 6) is 4.01. The molecule has 35 heavy (non-hydrogen) atoms. The molecule has 0 aliphatic carbocycles. The Kier molecular flexibility index (Phi) is 10.6. The molecule has 2 heterocycles. The van der Waals surface area contributed by atoms with Gasteiger partial charge in [-0.3, -0.25) is 4.90 Å². The minimum atomic E-state index is 0.0252. The maximum Gasteiger partial charge on any atom is 0.134 e. The first-order valence-electron chi connectivity index (χ1n) is 12.4. The molecular formula is C29H37NO4S. The van der Waals surface area contributed by atoms with Gasteiger partial charge >= 0.3 is 0 Å². The second-order valence-corrected chi connectivity index (χ2v) is 9.56. The van der Waals surface area contributed by atoms with Gasteiger partial charge in [0, 0.05) is 18.8 Å². The molecule has 2 aliphatic rings. The number of para-hydroxylation sites is 1. The van der Waals surface area contributed by atoms with Gasteiger partial charge in [0.25, 0.3) is 0 Å². The zero-order chi connectivity index (χ0) is 25.0. The number of phenolic OH excluding ortho intramolecular Hbond substituents is 2. The number of nitrogens with zero attached hydrogens (tertiary/aromatic N) is 1. The van der Waals surface area contributed by atoms with Crippen LogP contribution in [0.1, 0.15) is 38.9 Å². The minimum absolute atomic E-state index is 0.0252. The van der Waals surface area contributed by atoms with E-state index in [1.165, 1.54) is 19.5 Å². The summed E-state index contributed by atoms with van der Waals surface area (Å²) in [6.45, 7) is 10.4. The lowest BCUT2D eigenvalue weighted by atomic mass is 10.1. The van der Waals surface area contributed by atoms with Gasteiger partial charge in [-0.15, -0.1) is 11.8 Å². The van der Waals surface area contributed by atoms with Gasteiger partial charge in [0.05, 0.1) is 4.90 Å². The van der Waals surface area contributed by atoms with Crippen LogP contribution >= 0.6 is 11.8 Å². The zero-order valence-electron chi connectivity index (χ0n) is 20.9. The Morgan fingerprint density at radius 3 is 2.34 bits per heavy atom. The molecule has 0 spiro atoms. The van der Waals surface area contributed by atoms with Gasteiger partial charge in [-0.25, -0.2) is 0 Å². The van der Waals surface area contributed by atoms with Crippen LogP contribution in [0.3, 0.4) is 0 Å². The summed E-state index contributed by atoms with van der Waals surface area (Å²) >= 11 is 1.72. The van der Waals surface area contributed by atoms with Gasteiger partial charge in [0.2, 0.25) is 0 Å². The smallest absolute Gasteiger partial charge is 0.134 e. The van der Waals surface area contributed by atoms with Crippen LogP contribution in [0, 0.1) is 5.92 Å². The fraction of sp³-hybridized carbons (Fsp3) is 0.379. The zero-order valence-corrected chi connectivity index (χ0v) is 21.7. The van der Waals surface area contributed by atoms with Crippen molar-refractivity contribution in [3.63, 3.8) is 0 Å². The summed E-state index contributed by atoms with van der Waals surface area (Å²) in [6, 6.07) is 22.2. The average molecular weight is 496 g/mol. The second-order valence-electron chi connectivity index (χ2n) is 8.50. The van der Waals surface area contributed by atoms with E-state index < -0.39 is 0 Å². The van der Waals surface area contributed by atoms with Crippen molar-refractivity contribution in [2.24, 2.45) is 5.92 Å². The average Bonchev–Trinajstić information content (AvgIpc) is 3.31. The van der Waals surface area contributed by atoms with Crippen LogP contribution in [-0.2, 0) is 0 Å². The number of thioether (sulfide) groups is 1. The van der Waals surface area contributed by atoms with E-state index in [2.05, 4.69) is 24.0 Å². The number of aromatic hydroxyl groups is 2. The predicted molar refractivity (Wildman–Crippen MR) is 144 cm³/mol. The lowest BCUT2D eigenvalue weighted by molar-refractivity contribution is 0.219. The Morgan fingerprint density at radius 2 is 1.71 bits per heavy atom. The highest BCUT2D eigenvalue weighted by molar-refractivity contribution is 7.99. The van der Waals surface area contributed by atoms with E-state index >= 15 is 0 Å². The number of fused-ring (bicyclic) bond motifs is 1. The van der Waals surface area contributed by atoms with Gasteiger partial charge in [-0.05, 0) is 66.9 Å². The van der Waals surface area contributed by atoms with Gasteiger partial charge in [-0.1, -0.05) is 51.1 Å². The topological polar surface area (TPSA) is 62.2 Å². The summed E-state index contributed by atoms with van der Waals surface area (Å²) in [5.41, 5.74) is 1.15. The third kappa shape index (κ3) is 8.41. The summed E-state index contributed by atoms with van der Waals surface area (Å²) in [5, 5.41) is 18.2. The van der Waals surface area contributed by atoms with Crippen molar-refractivity contribution in [3.8, 4) is 23.0 Å². The molecule has 2 N–H and O–H groups in total. The van der Waals surface area contributed by atoms with Crippen molar-refractivity contribution >= 4 is 11.8 Å². The van der Waals surface area contributed by atoms with Crippen molar-refractivity contribution < 1.29 is 19.7 Å². The number of benzene rings is 3. The highest BCUT2D eigenvalue weighted by atomic mass is 32.2. The Morgan fingerprint density at radius 1 is 0.971 bits per heavy atom. The van der Waals surface area contributed by atoms with E-state index in [1.807, 2.05) is 38.1 Å². The van der Waals surface area contributed by atoms with E-state index in [0.29, 0.717) is 5.75 Å². The molecule has 2 aliphatic heterocycles. The van der Waals surface area contributed by atoms with Gasteiger partial charge in [0.15, 0.2) is 0 Å². The largest absolute Gasteiger partial charge is 0.508 e. The maximum absolute atomic E-state index is 9.57. The SMILES string of the molecule is CC.C[C@H]1CCN(CCOc2ccc([C@H]3CSc4cc(O)ccc4O3)cc2)C1.Oc1ccccc1. The van der Waals surface area contributed by atoms with E-state index in [4.69, 9.17) is 14.6 Å². The summed E-state index contributed by atoms with van der Waals surface area (Å²) < 4.78 is 12.0. The molecule has 0 saturated carbocycles. The standard InChI is InChI=1S/C21H25NO3S.C6H6O.C2H6/c1-15-8-9-22(13-15)10-11-24-18-5-2-16(3-6-18)20-14-26-21-12-17(23)4-7-19(21)25-20;7-6-4-2-1-3-5-6;1-2/h2-7,12,15,20,23H,8-11,13-14H2,1H3;1-5,7H;1-2H3/t15-,20+;;/m0../s1. The van der Waals surface area contributed by atoms with Gasteiger partial charge in [0.1, 0.15) is 35.7 Å². The van der Waals surface area contributed by atoms with Gasteiger partial charge < -0.3 is 19.7 Å². The molecule has 6 heteroatoms. The molecule has 1 fully saturated rings. The number of phenols is 2. The van der Waals surface area contributed by atoms with E-state index in [9.17, 15) is 5.11 Å². The predicted octanol–water partition coefficient (Wildman–Crippen LogP) is 6.76. The number of rotatable bonds is 5. The number of hydrogen-bond acceptors (Lipinski definition) is 6. The van der Waals surface area contributed by atoms with E-state index in [0.717, 1.165) is 46.8 Å². The quantitative estimate of drug-likeness (QED) is 0.408. The van der Waals surface area contributed by atoms with Crippen molar-refractivity contribution in [1.82, 2.24) is 4.90 Å². The molecule has 5 rings (SSSR count). The normalized spacial score (nSPS) is 18.7. The highest BCUT2D eigenvalue weighted by Gasteiger charge is 2.22. The third-order valence-corrected chi connectivity index (χ3v) is 6.88. The molecule has 1 saturated heterocycles. The lowest BCUT2D eigenvalue weighted by Crippen LogP contribution is -2.25. The number of ether oxygens (including phenoxy) is 2. The molecule has 3 aromatic carbocycles. The van der Waals surface area contributed by atoms with Gasteiger partial charge in [-0.2, -0.15) is 0 Å². The first kappa shape index (κ1) is 26.8. The lowest BCUT2D eigenvalue weighted by Gasteiger charge is -2.26. The van der Waals surface area contributed by atoms with Crippen molar-refractivity contribution in [2.45, 2.75) is 38.2 Å². The maximum atomic E-state index is 9.57. The van der Waals surface area contributed by atoms with Crippen LogP contribution in [0.2, 0.25) is 0 Å².